The first kappa shape index (κ1) is 15.0. The first-order valence-electron chi connectivity index (χ1n) is 7.44. The Labute approximate surface area is 108 Å². The van der Waals surface area contributed by atoms with Crippen LogP contribution in [-0.2, 0) is 0 Å². The molecule has 1 saturated heterocycles. The molecule has 0 aromatic rings. The van der Waals surface area contributed by atoms with E-state index in [-0.39, 0.29) is 0 Å². The molecular weight excluding hydrogens is 208 g/mol. The third-order valence-corrected chi connectivity index (χ3v) is 4.16. The molecule has 1 aliphatic rings. The van der Waals surface area contributed by atoms with Gasteiger partial charge in [-0.15, -0.1) is 0 Å². The lowest BCUT2D eigenvalue weighted by Crippen LogP contribution is -2.60. The van der Waals surface area contributed by atoms with Crippen LogP contribution in [0.2, 0.25) is 0 Å². The van der Waals surface area contributed by atoms with Crippen LogP contribution in [0.15, 0.2) is 0 Å². The van der Waals surface area contributed by atoms with Gasteiger partial charge in [0.25, 0.3) is 0 Å². The first-order valence-corrected chi connectivity index (χ1v) is 7.44. The third-order valence-electron chi connectivity index (χ3n) is 4.16. The molecule has 17 heavy (non-hydrogen) atoms. The summed E-state index contributed by atoms with van der Waals surface area (Å²) in [6, 6.07) is 2.13. The van der Waals surface area contributed by atoms with Crippen LogP contribution in [0.1, 0.15) is 54.4 Å². The highest BCUT2D eigenvalue weighted by atomic mass is 15.3. The van der Waals surface area contributed by atoms with E-state index in [1.807, 2.05) is 0 Å². The highest BCUT2D eigenvalue weighted by Gasteiger charge is 2.32. The molecule has 0 spiro atoms. The Kier molecular flexibility index (Phi) is 5.94. The molecular formula is C15H32N2. The van der Waals surface area contributed by atoms with Gasteiger partial charge >= 0.3 is 0 Å². The van der Waals surface area contributed by atoms with Crippen LogP contribution in [0.25, 0.3) is 0 Å². The summed E-state index contributed by atoms with van der Waals surface area (Å²) in [5.41, 5.74) is 0. The van der Waals surface area contributed by atoms with Gasteiger partial charge in [0.05, 0.1) is 0 Å². The zero-order valence-electron chi connectivity index (χ0n) is 12.7. The van der Waals surface area contributed by atoms with E-state index in [4.69, 9.17) is 0 Å². The van der Waals surface area contributed by atoms with E-state index in [0.717, 1.165) is 17.9 Å². The normalized spacial score (nSPS) is 28.9. The fraction of sp³-hybridized carbons (Fsp3) is 1.00. The molecule has 2 heteroatoms. The average molecular weight is 240 g/mol. The summed E-state index contributed by atoms with van der Waals surface area (Å²) in [6.45, 7) is 16.4. The van der Waals surface area contributed by atoms with Crippen molar-refractivity contribution in [3.8, 4) is 0 Å². The van der Waals surface area contributed by atoms with Crippen molar-refractivity contribution in [2.45, 2.75) is 72.5 Å². The molecule has 0 aromatic carbocycles. The van der Waals surface area contributed by atoms with Gasteiger partial charge in [0.1, 0.15) is 0 Å². The van der Waals surface area contributed by atoms with Gasteiger partial charge in [-0.25, -0.2) is 0 Å². The van der Waals surface area contributed by atoms with E-state index in [0.29, 0.717) is 12.1 Å². The van der Waals surface area contributed by atoms with E-state index in [9.17, 15) is 0 Å². The van der Waals surface area contributed by atoms with Crippen molar-refractivity contribution >= 4 is 0 Å². The van der Waals surface area contributed by atoms with Crippen LogP contribution in [0.5, 0.6) is 0 Å². The number of rotatable bonds is 5. The van der Waals surface area contributed by atoms with Crippen molar-refractivity contribution in [1.82, 2.24) is 10.2 Å². The minimum absolute atomic E-state index is 0.694. The SMILES string of the molecule is CCC(C)N1CC(CC(C)C)NCC1C(C)C. The van der Waals surface area contributed by atoms with Gasteiger partial charge in [-0.1, -0.05) is 34.6 Å². The van der Waals surface area contributed by atoms with E-state index in [2.05, 4.69) is 51.8 Å². The minimum atomic E-state index is 0.694. The second-order valence-electron chi connectivity index (χ2n) is 6.50. The number of nitrogens with zero attached hydrogens (tertiary/aromatic N) is 1. The molecule has 102 valence electrons. The topological polar surface area (TPSA) is 15.3 Å². The van der Waals surface area contributed by atoms with E-state index in [1.165, 1.54) is 25.9 Å². The molecule has 1 rings (SSSR count). The number of hydrogen-bond acceptors (Lipinski definition) is 2. The molecule has 2 nitrogen and oxygen atoms in total. The van der Waals surface area contributed by atoms with Crippen molar-refractivity contribution in [2.24, 2.45) is 11.8 Å². The van der Waals surface area contributed by atoms with Gasteiger partial charge in [-0.3, -0.25) is 4.90 Å². The fourth-order valence-corrected chi connectivity index (χ4v) is 2.95. The smallest absolute Gasteiger partial charge is 0.0247 e. The Bertz CT molecular complexity index is 213. The Morgan fingerprint density at radius 3 is 2.29 bits per heavy atom. The molecule has 0 radical (unpaired) electrons. The standard InChI is InChI=1S/C15H32N2/c1-7-13(6)17-10-14(8-11(2)3)16-9-15(17)12(4)5/h11-16H,7-10H2,1-6H3. The third kappa shape index (κ3) is 4.26. The molecule has 1 N–H and O–H groups in total. The maximum atomic E-state index is 3.75. The van der Waals surface area contributed by atoms with Gasteiger partial charge in [0.15, 0.2) is 0 Å². The second-order valence-corrected chi connectivity index (χ2v) is 6.50. The summed E-state index contributed by atoms with van der Waals surface area (Å²) >= 11 is 0. The van der Waals surface area contributed by atoms with Crippen molar-refractivity contribution < 1.29 is 0 Å². The van der Waals surface area contributed by atoms with Gasteiger partial charge in [0.2, 0.25) is 0 Å². The lowest BCUT2D eigenvalue weighted by molar-refractivity contribution is 0.0561. The monoisotopic (exact) mass is 240 g/mol. The van der Waals surface area contributed by atoms with Crippen LogP contribution in [0.4, 0.5) is 0 Å². The molecule has 3 atom stereocenters. The lowest BCUT2D eigenvalue weighted by atomic mass is 9.93. The first-order chi connectivity index (χ1) is 7.95. The van der Waals surface area contributed by atoms with Crippen LogP contribution in [-0.4, -0.2) is 36.1 Å². The summed E-state index contributed by atoms with van der Waals surface area (Å²) < 4.78 is 0. The summed E-state index contributed by atoms with van der Waals surface area (Å²) in [7, 11) is 0. The van der Waals surface area contributed by atoms with Crippen LogP contribution in [0, 0.1) is 11.8 Å². The summed E-state index contributed by atoms with van der Waals surface area (Å²) in [4.78, 5) is 2.74. The molecule has 3 unspecified atom stereocenters. The number of piperazine rings is 1. The van der Waals surface area contributed by atoms with Crippen LogP contribution < -0.4 is 5.32 Å². The van der Waals surface area contributed by atoms with E-state index < -0.39 is 0 Å². The maximum absolute atomic E-state index is 3.75. The Morgan fingerprint density at radius 2 is 1.82 bits per heavy atom. The molecule has 0 aliphatic carbocycles. The zero-order valence-corrected chi connectivity index (χ0v) is 12.7. The quantitative estimate of drug-likeness (QED) is 0.794. The highest BCUT2D eigenvalue weighted by molar-refractivity contribution is 4.90. The Balaban J connectivity index is 2.63. The molecule has 0 saturated carbocycles. The molecule has 0 aromatic heterocycles. The number of nitrogens with one attached hydrogen (secondary N) is 1. The van der Waals surface area contributed by atoms with Crippen molar-refractivity contribution in [1.29, 1.82) is 0 Å². The van der Waals surface area contributed by atoms with Gasteiger partial charge in [-0.05, 0) is 31.6 Å². The number of hydrogen-bond donors (Lipinski definition) is 1. The van der Waals surface area contributed by atoms with Gasteiger partial charge in [-0.2, -0.15) is 0 Å². The summed E-state index contributed by atoms with van der Waals surface area (Å²) in [5.74, 6) is 1.54. The van der Waals surface area contributed by atoms with Gasteiger partial charge in [0, 0.05) is 31.2 Å². The van der Waals surface area contributed by atoms with Crippen LogP contribution >= 0.6 is 0 Å². The predicted octanol–water partition coefficient (Wildman–Crippen LogP) is 3.13. The fourth-order valence-electron chi connectivity index (χ4n) is 2.95. The molecule has 1 heterocycles. The summed E-state index contributed by atoms with van der Waals surface area (Å²) in [5, 5.41) is 3.75. The Morgan fingerprint density at radius 1 is 1.18 bits per heavy atom. The average Bonchev–Trinajstić information content (AvgIpc) is 2.26. The lowest BCUT2D eigenvalue weighted by Gasteiger charge is -2.45. The predicted molar refractivity (Wildman–Crippen MR) is 76.3 cm³/mol. The minimum Gasteiger partial charge on any atom is -0.311 e. The largest absolute Gasteiger partial charge is 0.311 e. The molecule has 1 fully saturated rings. The zero-order chi connectivity index (χ0) is 13.0. The Hall–Kier alpha value is -0.0800. The second kappa shape index (κ2) is 6.75. The van der Waals surface area contributed by atoms with Crippen molar-refractivity contribution in [3.05, 3.63) is 0 Å². The van der Waals surface area contributed by atoms with Gasteiger partial charge < -0.3 is 5.32 Å². The van der Waals surface area contributed by atoms with E-state index >= 15 is 0 Å². The molecule has 0 bridgehead atoms. The van der Waals surface area contributed by atoms with Crippen molar-refractivity contribution in [3.63, 3.8) is 0 Å². The van der Waals surface area contributed by atoms with E-state index in [1.54, 1.807) is 0 Å². The highest BCUT2D eigenvalue weighted by Crippen LogP contribution is 2.21. The maximum Gasteiger partial charge on any atom is 0.0247 e. The van der Waals surface area contributed by atoms with Crippen molar-refractivity contribution in [2.75, 3.05) is 13.1 Å². The molecule has 0 amide bonds. The molecule has 1 aliphatic heterocycles. The summed E-state index contributed by atoms with van der Waals surface area (Å²) in [6.07, 6.45) is 2.56. The van der Waals surface area contributed by atoms with Crippen LogP contribution in [0.3, 0.4) is 0 Å².